The molecule has 0 saturated carbocycles. The summed E-state index contributed by atoms with van der Waals surface area (Å²) in [6.07, 6.45) is 2.95. The molecule has 1 fully saturated rings. The van der Waals surface area contributed by atoms with Crippen molar-refractivity contribution in [3.63, 3.8) is 0 Å². The lowest BCUT2D eigenvalue weighted by atomic mass is 10.2. The van der Waals surface area contributed by atoms with E-state index in [4.69, 9.17) is 4.74 Å². The molecule has 1 aromatic carbocycles. The summed E-state index contributed by atoms with van der Waals surface area (Å²) in [5.41, 5.74) is 1.47. The molecule has 2 aliphatic rings. The average molecular weight is 338 g/mol. The number of anilines is 1. The second kappa shape index (κ2) is 6.03. The Morgan fingerprint density at radius 1 is 1.22 bits per heavy atom. The van der Waals surface area contributed by atoms with E-state index in [0.29, 0.717) is 17.9 Å². The Kier molecular flexibility index (Phi) is 4.23. The van der Waals surface area contributed by atoms with Crippen LogP contribution in [0.3, 0.4) is 0 Å². The van der Waals surface area contributed by atoms with Gasteiger partial charge in [-0.1, -0.05) is 6.07 Å². The monoisotopic (exact) mass is 338 g/mol. The number of amides is 1. The van der Waals surface area contributed by atoms with Gasteiger partial charge in [-0.3, -0.25) is 9.10 Å². The van der Waals surface area contributed by atoms with Crippen LogP contribution in [-0.2, 0) is 14.8 Å². The molecule has 0 radical (unpaired) electrons. The van der Waals surface area contributed by atoms with E-state index in [-0.39, 0.29) is 12.5 Å². The van der Waals surface area contributed by atoms with Crippen LogP contribution in [0.15, 0.2) is 18.2 Å². The average Bonchev–Trinajstić information content (AvgIpc) is 2.93. The molecule has 0 aliphatic carbocycles. The number of carbonyl (C=O) groups excluding carboxylic acids is 1. The van der Waals surface area contributed by atoms with E-state index in [1.165, 1.54) is 10.6 Å². The van der Waals surface area contributed by atoms with Gasteiger partial charge in [-0.25, -0.2) is 8.42 Å². The highest BCUT2D eigenvalue weighted by Gasteiger charge is 2.34. The highest BCUT2D eigenvalue weighted by atomic mass is 32.2. The summed E-state index contributed by atoms with van der Waals surface area (Å²) in [5, 5.41) is 0. The van der Waals surface area contributed by atoms with Crippen LogP contribution in [0.5, 0.6) is 5.75 Å². The molecule has 1 saturated heterocycles. The van der Waals surface area contributed by atoms with Gasteiger partial charge in [0.15, 0.2) is 6.10 Å². The SMILES string of the molecule is Cc1ccc2c(c1)N(S(C)(=O)=O)CC[C@@H](C(=O)N1CCCC1)O2. The van der Waals surface area contributed by atoms with E-state index < -0.39 is 16.1 Å². The topological polar surface area (TPSA) is 66.9 Å². The maximum absolute atomic E-state index is 12.6. The number of ether oxygens (including phenoxy) is 1. The molecule has 126 valence electrons. The molecular formula is C16H22N2O4S. The lowest BCUT2D eigenvalue weighted by Crippen LogP contribution is -2.41. The van der Waals surface area contributed by atoms with Crippen molar-refractivity contribution in [1.82, 2.24) is 4.90 Å². The van der Waals surface area contributed by atoms with Gasteiger partial charge in [-0.15, -0.1) is 0 Å². The minimum absolute atomic E-state index is 0.0376. The van der Waals surface area contributed by atoms with Crippen molar-refractivity contribution in [1.29, 1.82) is 0 Å². The van der Waals surface area contributed by atoms with Gasteiger partial charge in [0.1, 0.15) is 5.75 Å². The quantitative estimate of drug-likeness (QED) is 0.820. The zero-order chi connectivity index (χ0) is 16.6. The van der Waals surface area contributed by atoms with Gasteiger partial charge >= 0.3 is 0 Å². The summed E-state index contributed by atoms with van der Waals surface area (Å²) in [5.74, 6) is 0.417. The van der Waals surface area contributed by atoms with Crippen molar-refractivity contribution in [3.05, 3.63) is 23.8 Å². The van der Waals surface area contributed by atoms with Crippen LogP contribution >= 0.6 is 0 Å². The minimum Gasteiger partial charge on any atom is -0.478 e. The lowest BCUT2D eigenvalue weighted by Gasteiger charge is -2.22. The zero-order valence-corrected chi connectivity index (χ0v) is 14.3. The molecule has 23 heavy (non-hydrogen) atoms. The third-order valence-electron chi connectivity index (χ3n) is 4.34. The van der Waals surface area contributed by atoms with E-state index in [1.54, 1.807) is 12.1 Å². The van der Waals surface area contributed by atoms with Crippen LogP contribution in [0.1, 0.15) is 24.8 Å². The number of sulfonamides is 1. The van der Waals surface area contributed by atoms with Crippen molar-refractivity contribution in [2.75, 3.05) is 30.2 Å². The summed E-state index contributed by atoms with van der Waals surface area (Å²) in [4.78, 5) is 14.4. The van der Waals surface area contributed by atoms with Crippen LogP contribution in [0, 0.1) is 6.92 Å². The molecule has 1 atom stereocenters. The van der Waals surface area contributed by atoms with E-state index in [9.17, 15) is 13.2 Å². The van der Waals surface area contributed by atoms with Crippen molar-refractivity contribution >= 4 is 21.6 Å². The van der Waals surface area contributed by atoms with Crippen LogP contribution in [0.4, 0.5) is 5.69 Å². The van der Waals surface area contributed by atoms with Gasteiger partial charge in [-0.2, -0.15) is 0 Å². The number of fused-ring (bicyclic) bond motifs is 1. The van der Waals surface area contributed by atoms with E-state index in [2.05, 4.69) is 0 Å². The largest absolute Gasteiger partial charge is 0.478 e. The zero-order valence-electron chi connectivity index (χ0n) is 13.5. The van der Waals surface area contributed by atoms with Gasteiger partial charge in [0.25, 0.3) is 5.91 Å². The Morgan fingerprint density at radius 3 is 2.57 bits per heavy atom. The molecule has 0 aromatic heterocycles. The van der Waals surface area contributed by atoms with Gasteiger partial charge in [0.2, 0.25) is 10.0 Å². The molecule has 2 aliphatic heterocycles. The van der Waals surface area contributed by atoms with Crippen molar-refractivity contribution in [3.8, 4) is 5.75 Å². The highest BCUT2D eigenvalue weighted by Crippen LogP contribution is 2.35. The minimum atomic E-state index is -3.42. The highest BCUT2D eigenvalue weighted by molar-refractivity contribution is 7.92. The van der Waals surface area contributed by atoms with Gasteiger partial charge < -0.3 is 9.64 Å². The number of aryl methyl sites for hydroxylation is 1. The molecule has 7 heteroatoms. The second-order valence-electron chi connectivity index (χ2n) is 6.23. The van der Waals surface area contributed by atoms with Crippen molar-refractivity contribution in [2.45, 2.75) is 32.3 Å². The molecule has 6 nitrogen and oxygen atoms in total. The second-order valence-corrected chi connectivity index (χ2v) is 8.14. The Hall–Kier alpha value is -1.76. The van der Waals surface area contributed by atoms with Crippen LogP contribution in [0.2, 0.25) is 0 Å². The fourth-order valence-electron chi connectivity index (χ4n) is 3.15. The number of likely N-dealkylation sites (tertiary alicyclic amines) is 1. The van der Waals surface area contributed by atoms with E-state index >= 15 is 0 Å². The normalized spacial score (nSPS) is 21.6. The van der Waals surface area contributed by atoms with E-state index in [1.807, 2.05) is 17.9 Å². The number of rotatable bonds is 2. The van der Waals surface area contributed by atoms with Gasteiger partial charge in [0, 0.05) is 26.1 Å². The Morgan fingerprint density at radius 2 is 1.91 bits per heavy atom. The molecule has 0 unspecified atom stereocenters. The maximum atomic E-state index is 12.6. The number of benzene rings is 1. The first-order valence-electron chi connectivity index (χ1n) is 7.90. The predicted octanol–water partition coefficient (Wildman–Crippen LogP) is 1.53. The molecule has 3 rings (SSSR count). The summed E-state index contributed by atoms with van der Waals surface area (Å²) in [6.45, 7) is 3.67. The molecule has 1 amide bonds. The molecule has 2 heterocycles. The molecular weight excluding hydrogens is 316 g/mol. The number of nitrogens with zero attached hydrogens (tertiary/aromatic N) is 2. The third-order valence-corrected chi connectivity index (χ3v) is 5.52. The molecule has 0 bridgehead atoms. The summed E-state index contributed by atoms with van der Waals surface area (Å²) in [6, 6.07) is 5.40. The first kappa shape index (κ1) is 16.1. The molecule has 0 spiro atoms. The number of hydrogen-bond acceptors (Lipinski definition) is 4. The molecule has 0 N–H and O–H groups in total. The van der Waals surface area contributed by atoms with Crippen molar-refractivity contribution in [2.24, 2.45) is 0 Å². The Balaban J connectivity index is 1.93. The molecule has 1 aromatic rings. The summed E-state index contributed by atoms with van der Waals surface area (Å²) >= 11 is 0. The summed E-state index contributed by atoms with van der Waals surface area (Å²) < 4.78 is 31.5. The maximum Gasteiger partial charge on any atom is 0.263 e. The van der Waals surface area contributed by atoms with Gasteiger partial charge in [0.05, 0.1) is 11.9 Å². The smallest absolute Gasteiger partial charge is 0.263 e. The first-order chi connectivity index (χ1) is 10.9. The first-order valence-corrected chi connectivity index (χ1v) is 9.75. The van der Waals surface area contributed by atoms with Crippen LogP contribution in [0.25, 0.3) is 0 Å². The predicted molar refractivity (Wildman–Crippen MR) is 88.2 cm³/mol. The van der Waals surface area contributed by atoms with Crippen molar-refractivity contribution < 1.29 is 17.9 Å². The van der Waals surface area contributed by atoms with Gasteiger partial charge in [-0.05, 0) is 37.5 Å². The number of carbonyl (C=O) groups is 1. The number of hydrogen-bond donors (Lipinski definition) is 0. The summed E-state index contributed by atoms with van der Waals surface area (Å²) in [7, 11) is -3.42. The van der Waals surface area contributed by atoms with Crippen LogP contribution in [-0.4, -0.2) is 51.2 Å². The standard InChI is InChI=1S/C16H22N2O4S/c1-12-5-6-14-13(11-12)18(23(2,20)21)10-7-15(22-14)16(19)17-8-3-4-9-17/h5-6,11,15H,3-4,7-10H2,1-2H3/t15-/m0/s1. The van der Waals surface area contributed by atoms with E-state index in [0.717, 1.165) is 31.5 Å². The fourth-order valence-corrected chi connectivity index (χ4v) is 4.09. The Labute approximate surface area is 137 Å². The third kappa shape index (κ3) is 3.29. The fraction of sp³-hybridized carbons (Fsp3) is 0.562. The Bertz CT molecular complexity index is 711. The lowest BCUT2D eigenvalue weighted by molar-refractivity contribution is -0.137. The van der Waals surface area contributed by atoms with Crippen LogP contribution < -0.4 is 9.04 Å².